The van der Waals surface area contributed by atoms with Crippen LogP contribution in [0.3, 0.4) is 0 Å². The Bertz CT molecular complexity index is 1050. The molecule has 2 aromatic heterocycles. The number of aromatic amines is 2. The molecule has 1 aliphatic heterocycles. The van der Waals surface area contributed by atoms with E-state index in [2.05, 4.69) is 15.0 Å². The van der Waals surface area contributed by atoms with Crippen molar-refractivity contribution in [2.24, 2.45) is 0 Å². The summed E-state index contributed by atoms with van der Waals surface area (Å²) in [4.78, 5) is 46.5. The van der Waals surface area contributed by atoms with Gasteiger partial charge in [0.15, 0.2) is 0 Å². The van der Waals surface area contributed by atoms with Gasteiger partial charge in [-0.1, -0.05) is 30.3 Å². The van der Waals surface area contributed by atoms with Crippen LogP contribution in [0, 0.1) is 0 Å². The van der Waals surface area contributed by atoms with Gasteiger partial charge in [-0.25, -0.2) is 9.78 Å². The Balaban J connectivity index is 1.58. The molecule has 0 bridgehead atoms. The molecule has 2 N–H and O–H groups in total. The number of hydrogen-bond donors (Lipinski definition) is 2. The highest BCUT2D eigenvalue weighted by atomic mass is 16.4. The van der Waals surface area contributed by atoms with Crippen molar-refractivity contribution >= 4 is 5.91 Å². The molecule has 0 unspecified atom stereocenters. The minimum Gasteiger partial charge on any atom is -0.443 e. The van der Waals surface area contributed by atoms with Gasteiger partial charge in [-0.2, -0.15) is 0 Å². The second-order valence-electron chi connectivity index (χ2n) is 6.84. The number of nitrogens with zero attached hydrogens (tertiary/aromatic N) is 2. The molecular formula is C20H20N4O4. The number of carbonyl (C=O) groups is 1. The molecule has 144 valence electrons. The Morgan fingerprint density at radius 3 is 2.79 bits per heavy atom. The lowest BCUT2D eigenvalue weighted by molar-refractivity contribution is 0.0563. The molecule has 0 aliphatic carbocycles. The van der Waals surface area contributed by atoms with E-state index in [4.69, 9.17) is 4.42 Å². The standard InChI is InChI=1S/C20H20N4O4/c25-17-11-15(22-20(27)23-17)19(26)24-9-5-4-8-16(24)18-21-12-14(28-18)10-13-6-2-1-3-7-13/h1-3,6-7,11-12,16H,4-5,8-10H2,(H2,22,23,25,27)/t16-/m1/s1. The largest absolute Gasteiger partial charge is 0.443 e. The number of aromatic nitrogens is 3. The first-order valence-electron chi connectivity index (χ1n) is 9.23. The van der Waals surface area contributed by atoms with Crippen molar-refractivity contribution in [2.45, 2.75) is 31.7 Å². The summed E-state index contributed by atoms with van der Waals surface area (Å²) in [5.41, 5.74) is -0.229. The number of hydrogen-bond acceptors (Lipinski definition) is 5. The maximum absolute atomic E-state index is 12.9. The maximum atomic E-state index is 12.9. The van der Waals surface area contributed by atoms with Gasteiger partial charge in [-0.15, -0.1) is 0 Å². The smallest absolute Gasteiger partial charge is 0.326 e. The Hall–Kier alpha value is -3.42. The van der Waals surface area contributed by atoms with Crippen molar-refractivity contribution in [3.05, 3.63) is 86.3 Å². The number of rotatable bonds is 4. The minimum absolute atomic E-state index is 0.0308. The average Bonchev–Trinajstić information content (AvgIpc) is 3.16. The average molecular weight is 380 g/mol. The molecule has 4 rings (SSSR count). The predicted octanol–water partition coefficient (Wildman–Crippen LogP) is 2.01. The summed E-state index contributed by atoms with van der Waals surface area (Å²) in [6.07, 6.45) is 4.80. The predicted molar refractivity (Wildman–Crippen MR) is 101 cm³/mol. The number of likely N-dealkylation sites (tertiary alicyclic amines) is 1. The van der Waals surface area contributed by atoms with Crippen molar-refractivity contribution in [1.82, 2.24) is 19.9 Å². The van der Waals surface area contributed by atoms with Gasteiger partial charge >= 0.3 is 5.69 Å². The van der Waals surface area contributed by atoms with Gasteiger partial charge in [-0.05, 0) is 24.8 Å². The van der Waals surface area contributed by atoms with Crippen molar-refractivity contribution in [3.63, 3.8) is 0 Å². The lowest BCUT2D eigenvalue weighted by Crippen LogP contribution is -2.40. The number of carbonyl (C=O) groups excluding carboxylic acids is 1. The summed E-state index contributed by atoms with van der Waals surface area (Å²) in [6, 6.07) is 10.7. The van der Waals surface area contributed by atoms with Crippen LogP contribution in [-0.4, -0.2) is 32.3 Å². The molecule has 3 aromatic rings. The van der Waals surface area contributed by atoms with Crippen molar-refractivity contribution in [2.75, 3.05) is 6.54 Å². The van der Waals surface area contributed by atoms with Crippen LogP contribution in [0.4, 0.5) is 0 Å². The van der Waals surface area contributed by atoms with E-state index in [1.54, 1.807) is 11.1 Å². The number of benzene rings is 1. The highest BCUT2D eigenvalue weighted by Crippen LogP contribution is 2.31. The molecule has 3 heterocycles. The molecule has 1 fully saturated rings. The van der Waals surface area contributed by atoms with E-state index >= 15 is 0 Å². The lowest BCUT2D eigenvalue weighted by atomic mass is 10.0. The Kier molecular flexibility index (Phi) is 4.92. The zero-order chi connectivity index (χ0) is 19.5. The normalized spacial score (nSPS) is 16.9. The Morgan fingerprint density at radius 2 is 2.00 bits per heavy atom. The van der Waals surface area contributed by atoms with Crippen LogP contribution in [0.2, 0.25) is 0 Å². The first-order valence-corrected chi connectivity index (χ1v) is 9.23. The lowest BCUT2D eigenvalue weighted by Gasteiger charge is -2.33. The van der Waals surface area contributed by atoms with Gasteiger partial charge in [0.05, 0.1) is 6.20 Å². The summed E-state index contributed by atoms with van der Waals surface area (Å²) in [5.74, 6) is 0.797. The van der Waals surface area contributed by atoms with Crippen LogP contribution in [0.5, 0.6) is 0 Å². The molecular weight excluding hydrogens is 360 g/mol. The van der Waals surface area contributed by atoms with Crippen LogP contribution in [-0.2, 0) is 6.42 Å². The van der Waals surface area contributed by atoms with Crippen LogP contribution in [0.1, 0.15) is 53.0 Å². The minimum atomic E-state index is -0.703. The number of nitrogens with one attached hydrogen (secondary N) is 2. The van der Waals surface area contributed by atoms with Gasteiger partial charge in [-0.3, -0.25) is 14.6 Å². The SMILES string of the molecule is O=C(c1cc(=O)[nH]c(=O)[nH]1)N1CCCC[C@@H]1c1ncc(Cc2ccccc2)o1. The van der Waals surface area contributed by atoms with Gasteiger partial charge in [0, 0.05) is 19.0 Å². The van der Waals surface area contributed by atoms with E-state index in [9.17, 15) is 14.4 Å². The zero-order valence-electron chi connectivity index (χ0n) is 15.2. The third kappa shape index (κ3) is 3.80. The summed E-state index contributed by atoms with van der Waals surface area (Å²) < 4.78 is 5.95. The zero-order valence-corrected chi connectivity index (χ0v) is 15.2. The number of amides is 1. The summed E-state index contributed by atoms with van der Waals surface area (Å²) in [6.45, 7) is 0.509. The quantitative estimate of drug-likeness (QED) is 0.719. The van der Waals surface area contributed by atoms with Gasteiger partial charge in [0.25, 0.3) is 11.5 Å². The highest BCUT2D eigenvalue weighted by Gasteiger charge is 2.32. The molecule has 28 heavy (non-hydrogen) atoms. The van der Waals surface area contributed by atoms with Crippen LogP contribution < -0.4 is 11.2 Å². The second-order valence-corrected chi connectivity index (χ2v) is 6.84. The van der Waals surface area contributed by atoms with E-state index in [1.165, 1.54) is 0 Å². The molecule has 1 amide bonds. The third-order valence-corrected chi connectivity index (χ3v) is 4.83. The molecule has 1 aromatic carbocycles. The number of H-pyrrole nitrogens is 2. The number of piperidine rings is 1. The summed E-state index contributed by atoms with van der Waals surface area (Å²) in [7, 11) is 0. The topological polar surface area (TPSA) is 112 Å². The fourth-order valence-electron chi connectivity index (χ4n) is 3.53. The molecule has 0 spiro atoms. The van der Waals surface area contributed by atoms with Gasteiger partial charge in [0.2, 0.25) is 5.89 Å². The highest BCUT2D eigenvalue weighted by molar-refractivity contribution is 5.92. The first kappa shape index (κ1) is 18.0. The molecule has 1 atom stereocenters. The summed E-state index contributed by atoms with van der Waals surface area (Å²) in [5, 5.41) is 0. The fraction of sp³-hybridized carbons (Fsp3) is 0.300. The molecule has 8 nitrogen and oxygen atoms in total. The molecule has 1 aliphatic rings. The van der Waals surface area contributed by atoms with Crippen LogP contribution >= 0.6 is 0 Å². The van der Waals surface area contributed by atoms with Gasteiger partial charge in [0.1, 0.15) is 17.5 Å². The van der Waals surface area contributed by atoms with E-state index in [1.807, 2.05) is 30.3 Å². The van der Waals surface area contributed by atoms with E-state index in [0.29, 0.717) is 25.3 Å². The third-order valence-electron chi connectivity index (χ3n) is 4.83. The van der Waals surface area contributed by atoms with E-state index in [0.717, 1.165) is 30.2 Å². The van der Waals surface area contributed by atoms with Crippen molar-refractivity contribution < 1.29 is 9.21 Å². The molecule has 8 heteroatoms. The molecule has 1 saturated heterocycles. The van der Waals surface area contributed by atoms with E-state index in [-0.39, 0.29) is 11.7 Å². The van der Waals surface area contributed by atoms with Crippen molar-refractivity contribution in [3.8, 4) is 0 Å². The van der Waals surface area contributed by atoms with Crippen molar-refractivity contribution in [1.29, 1.82) is 0 Å². The molecule has 0 radical (unpaired) electrons. The Labute approximate surface area is 160 Å². The van der Waals surface area contributed by atoms with Crippen LogP contribution in [0.25, 0.3) is 0 Å². The number of oxazole rings is 1. The Morgan fingerprint density at radius 1 is 1.18 bits per heavy atom. The fourth-order valence-corrected chi connectivity index (χ4v) is 3.53. The monoisotopic (exact) mass is 380 g/mol. The van der Waals surface area contributed by atoms with Gasteiger partial charge < -0.3 is 14.3 Å². The first-order chi connectivity index (χ1) is 13.6. The van der Waals surface area contributed by atoms with Crippen LogP contribution in [0.15, 0.2) is 56.6 Å². The van der Waals surface area contributed by atoms with E-state index < -0.39 is 17.2 Å². The second kappa shape index (κ2) is 7.67. The molecule has 0 saturated carbocycles. The summed E-state index contributed by atoms with van der Waals surface area (Å²) >= 11 is 0. The maximum Gasteiger partial charge on any atom is 0.326 e.